The minimum absolute atomic E-state index is 0.00179. The molecule has 0 saturated heterocycles. The lowest BCUT2D eigenvalue weighted by atomic mass is 10.3. The minimum atomic E-state index is -0.00179. The smallest absolute Gasteiger partial charge is 0.233 e. The molecule has 3 heterocycles. The zero-order valence-electron chi connectivity index (χ0n) is 15.5. The van der Waals surface area contributed by atoms with Crippen molar-refractivity contribution in [2.24, 2.45) is 10.7 Å². The van der Waals surface area contributed by atoms with Gasteiger partial charge in [-0.05, 0) is 44.5 Å². The molecule has 0 bridgehead atoms. The van der Waals surface area contributed by atoms with Gasteiger partial charge in [0.15, 0.2) is 0 Å². The second-order valence-electron chi connectivity index (χ2n) is 6.08. The molecule has 1 unspecified atom stereocenters. The highest BCUT2D eigenvalue weighted by atomic mass is 32.1. The monoisotopic (exact) mass is 382 g/mol. The molecule has 3 aromatic rings. The predicted octanol–water partition coefficient (Wildman–Crippen LogP) is 2.65. The highest BCUT2D eigenvalue weighted by molar-refractivity contribution is 7.15. The van der Waals surface area contributed by atoms with Gasteiger partial charge in [0, 0.05) is 30.8 Å². The van der Waals surface area contributed by atoms with Gasteiger partial charge in [-0.15, -0.1) is 10.2 Å². The van der Waals surface area contributed by atoms with Crippen LogP contribution in [0.2, 0.25) is 0 Å². The Morgan fingerprint density at radius 2 is 2.26 bits per heavy atom. The molecule has 0 radical (unpaired) electrons. The summed E-state index contributed by atoms with van der Waals surface area (Å²) in [5.74, 6) is 0.357. The average Bonchev–Trinajstić information content (AvgIpc) is 3.25. The van der Waals surface area contributed by atoms with Gasteiger partial charge < -0.3 is 11.1 Å². The van der Waals surface area contributed by atoms with Gasteiger partial charge in [0.05, 0.1) is 5.69 Å². The van der Waals surface area contributed by atoms with Gasteiger partial charge in [-0.25, -0.2) is 4.99 Å². The van der Waals surface area contributed by atoms with Crippen molar-refractivity contribution in [3.63, 3.8) is 0 Å². The van der Waals surface area contributed by atoms with Gasteiger partial charge in [0.25, 0.3) is 0 Å². The fourth-order valence-corrected chi connectivity index (χ4v) is 3.33. The summed E-state index contributed by atoms with van der Waals surface area (Å²) in [5, 5.41) is 17.4. The van der Waals surface area contributed by atoms with Crippen molar-refractivity contribution >= 4 is 22.3 Å². The molecule has 0 aliphatic carbocycles. The first-order chi connectivity index (χ1) is 13.0. The average molecular weight is 382 g/mol. The number of aryl methyl sites for hydroxylation is 2. The molecule has 0 amide bonds. The lowest BCUT2D eigenvalue weighted by Gasteiger charge is -2.10. The van der Waals surface area contributed by atoms with Crippen molar-refractivity contribution in [3.8, 4) is 0 Å². The van der Waals surface area contributed by atoms with Crippen LogP contribution in [0.1, 0.15) is 34.9 Å². The molecule has 0 aliphatic rings. The Hall–Kier alpha value is -3.07. The first-order valence-corrected chi connectivity index (χ1v) is 9.33. The van der Waals surface area contributed by atoms with Crippen LogP contribution in [0.3, 0.4) is 0 Å². The quantitative estimate of drug-likeness (QED) is 0.480. The second-order valence-corrected chi connectivity index (χ2v) is 7.07. The van der Waals surface area contributed by atoms with Gasteiger partial charge in [-0.1, -0.05) is 17.4 Å². The summed E-state index contributed by atoms with van der Waals surface area (Å²) in [7, 11) is 0. The van der Waals surface area contributed by atoms with Gasteiger partial charge in [-0.3, -0.25) is 9.67 Å². The van der Waals surface area contributed by atoms with E-state index in [0.29, 0.717) is 17.5 Å². The summed E-state index contributed by atoms with van der Waals surface area (Å²) in [6, 6.07) is 5.94. The van der Waals surface area contributed by atoms with Crippen LogP contribution in [0, 0.1) is 13.8 Å². The number of amidine groups is 1. The molecule has 0 aromatic carbocycles. The third kappa shape index (κ3) is 4.98. The number of aromatic nitrogens is 5. The van der Waals surface area contributed by atoms with Crippen LogP contribution >= 0.6 is 11.3 Å². The Morgan fingerprint density at radius 3 is 2.96 bits per heavy atom. The highest BCUT2D eigenvalue weighted by Gasteiger charge is 2.16. The molecule has 0 spiro atoms. The maximum atomic E-state index is 5.94. The maximum absolute atomic E-state index is 5.94. The Kier molecular flexibility index (Phi) is 5.92. The van der Waals surface area contributed by atoms with Gasteiger partial charge in [0.2, 0.25) is 5.13 Å². The number of rotatable bonds is 7. The van der Waals surface area contributed by atoms with E-state index in [2.05, 4.69) is 30.6 Å². The van der Waals surface area contributed by atoms with E-state index in [1.54, 1.807) is 18.5 Å². The molecule has 3 N–H and O–H groups in total. The number of aliphatic imine (C=N–C) groups is 1. The van der Waals surface area contributed by atoms with E-state index in [-0.39, 0.29) is 6.04 Å². The Bertz CT molecular complexity index is 941. The van der Waals surface area contributed by atoms with Crippen molar-refractivity contribution in [2.45, 2.75) is 33.4 Å². The van der Waals surface area contributed by atoms with Crippen molar-refractivity contribution in [2.75, 3.05) is 0 Å². The molecule has 0 aliphatic heterocycles. The normalized spacial score (nSPS) is 13.2. The molecule has 3 rings (SSSR count). The largest absolute Gasteiger partial charge is 0.387 e. The number of nitrogens with zero attached hydrogens (tertiary/aromatic N) is 6. The molecule has 9 heteroatoms. The third-order valence-electron chi connectivity index (χ3n) is 3.82. The number of hydrogen-bond acceptors (Lipinski definition) is 7. The molecule has 27 heavy (non-hydrogen) atoms. The molecule has 3 aromatic heterocycles. The standard InChI is InChI=1S/C18H22N8S/c1-12-9-13(2)26(25-12)14(3)17-23-24-18(27-17)22-16(19)6-8-21-11-15-5-4-7-20-10-15/h4-10,14,21H,11H2,1-3H3,(H2,19,22,24)/b8-6-. The SMILES string of the molecule is Cc1cc(C)n(C(C)c2nnc(/N=C(N)\C=C/NCc3cccnc3)s2)n1. The van der Waals surface area contributed by atoms with E-state index in [0.717, 1.165) is 22.0 Å². The van der Waals surface area contributed by atoms with Crippen LogP contribution in [0.4, 0.5) is 5.13 Å². The molecule has 8 nitrogen and oxygen atoms in total. The first-order valence-electron chi connectivity index (χ1n) is 8.52. The summed E-state index contributed by atoms with van der Waals surface area (Å²) in [6.45, 7) is 6.71. The Balaban J connectivity index is 1.60. The van der Waals surface area contributed by atoms with E-state index < -0.39 is 0 Å². The van der Waals surface area contributed by atoms with Crippen molar-refractivity contribution < 1.29 is 0 Å². The molecule has 0 saturated carbocycles. The molecule has 140 valence electrons. The Morgan fingerprint density at radius 1 is 1.41 bits per heavy atom. The van der Waals surface area contributed by atoms with Crippen molar-refractivity contribution in [1.82, 2.24) is 30.3 Å². The zero-order chi connectivity index (χ0) is 19.2. The number of nitrogens with one attached hydrogen (secondary N) is 1. The second kappa shape index (κ2) is 8.54. The van der Waals surface area contributed by atoms with Crippen LogP contribution in [-0.2, 0) is 6.54 Å². The summed E-state index contributed by atoms with van der Waals surface area (Å²) in [5.41, 5.74) is 9.10. The fourth-order valence-electron chi connectivity index (χ4n) is 2.55. The molecular weight excluding hydrogens is 360 g/mol. The zero-order valence-corrected chi connectivity index (χ0v) is 16.3. The van der Waals surface area contributed by atoms with Crippen LogP contribution < -0.4 is 11.1 Å². The van der Waals surface area contributed by atoms with Gasteiger partial charge >= 0.3 is 0 Å². The topological polar surface area (TPSA) is 107 Å². The number of hydrogen-bond donors (Lipinski definition) is 2. The van der Waals surface area contributed by atoms with E-state index in [1.807, 2.05) is 49.8 Å². The van der Waals surface area contributed by atoms with Gasteiger partial charge in [-0.2, -0.15) is 5.10 Å². The molecular formula is C18H22N8S. The first kappa shape index (κ1) is 18.7. The van der Waals surface area contributed by atoms with E-state index in [1.165, 1.54) is 11.3 Å². The van der Waals surface area contributed by atoms with Crippen LogP contribution in [0.15, 0.2) is 47.9 Å². The van der Waals surface area contributed by atoms with Crippen LogP contribution in [0.5, 0.6) is 0 Å². The Labute approximate surface area is 161 Å². The summed E-state index contributed by atoms with van der Waals surface area (Å²) >= 11 is 1.41. The van der Waals surface area contributed by atoms with E-state index in [9.17, 15) is 0 Å². The van der Waals surface area contributed by atoms with Crippen LogP contribution in [0.25, 0.3) is 0 Å². The summed E-state index contributed by atoms with van der Waals surface area (Å²) < 4.78 is 1.94. The van der Waals surface area contributed by atoms with Crippen molar-refractivity contribution in [3.05, 3.63) is 64.8 Å². The number of pyridine rings is 1. The predicted molar refractivity (Wildman–Crippen MR) is 107 cm³/mol. The van der Waals surface area contributed by atoms with E-state index >= 15 is 0 Å². The summed E-state index contributed by atoms with van der Waals surface area (Å²) in [4.78, 5) is 8.37. The lowest BCUT2D eigenvalue weighted by Crippen LogP contribution is -2.10. The highest BCUT2D eigenvalue weighted by Crippen LogP contribution is 2.27. The minimum Gasteiger partial charge on any atom is -0.387 e. The van der Waals surface area contributed by atoms with Crippen molar-refractivity contribution in [1.29, 1.82) is 0 Å². The van der Waals surface area contributed by atoms with Crippen LogP contribution in [-0.4, -0.2) is 30.8 Å². The lowest BCUT2D eigenvalue weighted by molar-refractivity contribution is 0.540. The molecule has 0 fully saturated rings. The van der Waals surface area contributed by atoms with Gasteiger partial charge in [0.1, 0.15) is 16.9 Å². The summed E-state index contributed by atoms with van der Waals surface area (Å²) in [6.07, 6.45) is 7.01. The fraction of sp³-hybridized carbons (Fsp3) is 0.278. The van der Waals surface area contributed by atoms with E-state index in [4.69, 9.17) is 5.73 Å². The third-order valence-corrected chi connectivity index (χ3v) is 4.81. The maximum Gasteiger partial charge on any atom is 0.233 e. The number of nitrogens with two attached hydrogens (primary N) is 1. The molecule has 1 atom stereocenters.